The Kier molecular flexibility index (Phi) is 3.09. The second-order valence-corrected chi connectivity index (χ2v) is 6.45. The molecule has 0 spiro atoms. The normalized spacial score (nSPS) is 18.3. The Morgan fingerprint density at radius 3 is 3.00 bits per heavy atom. The average molecular weight is 324 g/mol. The van der Waals surface area contributed by atoms with Crippen LogP contribution in [0.25, 0.3) is 11.0 Å². The third kappa shape index (κ3) is 1.97. The number of aromatic nitrogens is 4. The van der Waals surface area contributed by atoms with Crippen molar-refractivity contribution < 1.29 is 4.74 Å². The van der Waals surface area contributed by atoms with Gasteiger partial charge in [-0.05, 0) is 31.9 Å². The molecule has 1 aromatic rings. The van der Waals surface area contributed by atoms with E-state index >= 15 is 0 Å². The SMILES string of the molecule is CCn1nc2cn[nH]c3ccc4c(c1c2=3)CN(C1CCOCC1)N=4. The third-order valence-electron chi connectivity index (χ3n) is 5.09. The highest BCUT2D eigenvalue weighted by Gasteiger charge is 2.26. The minimum absolute atomic E-state index is 0.469. The fourth-order valence-corrected chi connectivity index (χ4v) is 3.87. The van der Waals surface area contributed by atoms with E-state index in [-0.39, 0.29) is 0 Å². The first-order valence-electron chi connectivity index (χ1n) is 8.60. The van der Waals surface area contributed by atoms with Crippen LogP contribution in [-0.2, 0) is 17.8 Å². The van der Waals surface area contributed by atoms with Crippen LogP contribution >= 0.6 is 0 Å². The summed E-state index contributed by atoms with van der Waals surface area (Å²) in [7, 11) is 0. The summed E-state index contributed by atoms with van der Waals surface area (Å²) in [5.74, 6) is 0. The maximum absolute atomic E-state index is 5.49. The van der Waals surface area contributed by atoms with Crippen LogP contribution < -0.4 is 5.36 Å². The first kappa shape index (κ1) is 14.0. The van der Waals surface area contributed by atoms with E-state index in [4.69, 9.17) is 14.9 Å². The molecule has 0 amide bonds. The van der Waals surface area contributed by atoms with Crippen LogP contribution in [0, 0.1) is 10.6 Å². The van der Waals surface area contributed by atoms with Crippen molar-refractivity contribution in [2.45, 2.75) is 38.9 Å². The molecule has 1 aliphatic carbocycles. The van der Waals surface area contributed by atoms with Gasteiger partial charge in [0.05, 0.1) is 40.2 Å². The van der Waals surface area contributed by atoms with Gasteiger partial charge < -0.3 is 4.74 Å². The van der Waals surface area contributed by atoms with Gasteiger partial charge in [0.2, 0.25) is 0 Å². The first-order valence-corrected chi connectivity index (χ1v) is 8.60. The first-order chi connectivity index (χ1) is 11.8. The van der Waals surface area contributed by atoms with Gasteiger partial charge in [0.1, 0.15) is 5.52 Å². The molecule has 4 heterocycles. The van der Waals surface area contributed by atoms with E-state index in [1.807, 2.05) is 0 Å². The highest BCUT2D eigenvalue weighted by Crippen LogP contribution is 2.24. The molecule has 7 heteroatoms. The van der Waals surface area contributed by atoms with E-state index in [1.54, 1.807) is 6.20 Å². The van der Waals surface area contributed by atoms with Gasteiger partial charge in [0.15, 0.2) is 0 Å². The molecule has 0 atom stereocenters. The van der Waals surface area contributed by atoms with Gasteiger partial charge in [0, 0.05) is 25.3 Å². The third-order valence-corrected chi connectivity index (χ3v) is 5.09. The maximum Gasteiger partial charge on any atom is 0.115 e. The predicted molar refractivity (Wildman–Crippen MR) is 87.8 cm³/mol. The van der Waals surface area contributed by atoms with Crippen molar-refractivity contribution in [2.75, 3.05) is 13.2 Å². The Bertz CT molecular complexity index is 1030. The number of rotatable bonds is 2. The van der Waals surface area contributed by atoms with Crippen LogP contribution in [0.2, 0.25) is 0 Å². The fourth-order valence-electron chi connectivity index (χ4n) is 3.87. The summed E-state index contributed by atoms with van der Waals surface area (Å²) in [4.78, 5) is 0. The van der Waals surface area contributed by atoms with E-state index in [9.17, 15) is 0 Å². The van der Waals surface area contributed by atoms with E-state index in [2.05, 4.69) is 38.9 Å². The number of nitrogens with one attached hydrogen (secondary N) is 1. The summed E-state index contributed by atoms with van der Waals surface area (Å²) < 4.78 is 7.57. The molecule has 5 rings (SSSR count). The Morgan fingerprint density at radius 1 is 1.29 bits per heavy atom. The lowest BCUT2D eigenvalue weighted by Gasteiger charge is -2.29. The lowest BCUT2D eigenvalue weighted by atomic mass is 10.1. The molecule has 0 unspecified atom stereocenters. The van der Waals surface area contributed by atoms with Crippen LogP contribution in [0.15, 0.2) is 23.4 Å². The lowest BCUT2D eigenvalue weighted by Crippen LogP contribution is -2.34. The molecule has 0 saturated carbocycles. The number of hydrogen-bond donors (Lipinski definition) is 1. The summed E-state index contributed by atoms with van der Waals surface area (Å²) >= 11 is 0. The van der Waals surface area contributed by atoms with Gasteiger partial charge >= 0.3 is 0 Å². The number of H-pyrrole nitrogens is 1. The summed E-state index contributed by atoms with van der Waals surface area (Å²) in [6.07, 6.45) is 3.89. The number of fused-ring (bicyclic) bond motifs is 2. The van der Waals surface area contributed by atoms with Crippen LogP contribution in [0.5, 0.6) is 0 Å². The molecule has 1 aromatic heterocycles. The Morgan fingerprint density at radius 2 is 2.17 bits per heavy atom. The molecule has 3 aliphatic heterocycles. The van der Waals surface area contributed by atoms with Crippen molar-refractivity contribution >= 4 is 11.0 Å². The number of aryl methyl sites for hydroxylation is 1. The van der Waals surface area contributed by atoms with E-state index in [1.165, 1.54) is 11.1 Å². The van der Waals surface area contributed by atoms with Crippen molar-refractivity contribution in [1.82, 2.24) is 25.0 Å². The van der Waals surface area contributed by atoms with E-state index < -0.39 is 0 Å². The largest absolute Gasteiger partial charge is 0.381 e. The number of nitrogens with zero attached hydrogens (tertiary/aromatic N) is 5. The molecule has 0 radical (unpaired) electrons. The molecule has 1 N–H and O–H groups in total. The summed E-state index contributed by atoms with van der Waals surface area (Å²) in [5.41, 5.74) is 3.38. The highest BCUT2D eigenvalue weighted by molar-refractivity contribution is 5.66. The summed E-state index contributed by atoms with van der Waals surface area (Å²) in [6.45, 7) is 5.46. The van der Waals surface area contributed by atoms with Gasteiger partial charge in [-0.3, -0.25) is 14.8 Å². The Labute approximate surface area is 138 Å². The van der Waals surface area contributed by atoms with E-state index in [0.717, 1.165) is 60.6 Å². The fraction of sp³-hybridized carbons (Fsp3) is 0.471. The molecule has 7 nitrogen and oxygen atoms in total. The molecule has 0 bridgehead atoms. The number of hydrogen-bond acceptors (Lipinski definition) is 5. The zero-order chi connectivity index (χ0) is 16.1. The van der Waals surface area contributed by atoms with Crippen molar-refractivity contribution in [1.29, 1.82) is 0 Å². The highest BCUT2D eigenvalue weighted by atomic mass is 16.5. The molecular formula is C17H20N6O. The smallest absolute Gasteiger partial charge is 0.115 e. The van der Waals surface area contributed by atoms with Crippen molar-refractivity contribution in [2.24, 2.45) is 5.10 Å². The summed E-state index contributed by atoms with van der Waals surface area (Å²) in [6, 6.07) is 4.64. The topological polar surface area (TPSA) is 71.3 Å². The minimum Gasteiger partial charge on any atom is -0.381 e. The monoisotopic (exact) mass is 324 g/mol. The number of ether oxygens (including phenoxy) is 1. The molecule has 1 saturated heterocycles. The van der Waals surface area contributed by atoms with Crippen molar-refractivity contribution in [3.8, 4) is 0 Å². The zero-order valence-electron chi connectivity index (χ0n) is 13.7. The molecule has 1 fully saturated rings. The summed E-state index contributed by atoms with van der Waals surface area (Å²) in [5, 5.41) is 22.4. The maximum atomic E-state index is 5.49. The Hall–Kier alpha value is -2.41. The molecule has 24 heavy (non-hydrogen) atoms. The van der Waals surface area contributed by atoms with Crippen LogP contribution in [0.3, 0.4) is 0 Å². The predicted octanol–water partition coefficient (Wildman–Crippen LogP) is 1.31. The van der Waals surface area contributed by atoms with Crippen LogP contribution in [0.1, 0.15) is 25.3 Å². The zero-order valence-corrected chi connectivity index (χ0v) is 13.7. The van der Waals surface area contributed by atoms with E-state index in [0.29, 0.717) is 6.04 Å². The lowest BCUT2D eigenvalue weighted by molar-refractivity contribution is 0.0338. The molecule has 0 aromatic carbocycles. The van der Waals surface area contributed by atoms with Crippen molar-refractivity contribution in [3.05, 3.63) is 39.8 Å². The molecular weight excluding hydrogens is 304 g/mol. The molecule has 4 aliphatic rings. The van der Waals surface area contributed by atoms with Gasteiger partial charge in [0.25, 0.3) is 0 Å². The van der Waals surface area contributed by atoms with Gasteiger partial charge in [-0.2, -0.15) is 15.3 Å². The Balaban J connectivity index is 1.75. The second kappa shape index (κ2) is 5.31. The minimum atomic E-state index is 0.469. The standard InChI is InChI=1S/C17H20N6O/c1-2-22-17-12-10-23(11-5-7-24-8-6-11)20-13(12)3-4-14-16(17)15(21-22)9-18-19-14/h3-4,9,11,19H,2,5-8,10H2,1H3. The van der Waals surface area contributed by atoms with Crippen molar-refractivity contribution in [3.63, 3.8) is 0 Å². The number of aromatic amines is 1. The van der Waals surface area contributed by atoms with Crippen LogP contribution in [0.4, 0.5) is 0 Å². The van der Waals surface area contributed by atoms with Crippen LogP contribution in [-0.4, -0.2) is 44.2 Å². The quantitative estimate of drug-likeness (QED) is 0.772. The average Bonchev–Trinajstić information content (AvgIpc) is 3.17. The van der Waals surface area contributed by atoms with Gasteiger partial charge in [-0.1, -0.05) is 0 Å². The molecule has 124 valence electrons. The van der Waals surface area contributed by atoms with Gasteiger partial charge in [-0.15, -0.1) is 0 Å². The second-order valence-electron chi connectivity index (χ2n) is 6.45. The van der Waals surface area contributed by atoms with Gasteiger partial charge in [-0.25, -0.2) is 0 Å².